The highest BCUT2D eigenvalue weighted by Gasteiger charge is 2.27. The minimum absolute atomic E-state index is 0.237. The Morgan fingerprint density at radius 2 is 2.19 bits per heavy atom. The summed E-state index contributed by atoms with van der Waals surface area (Å²) in [5, 5.41) is 9.39. The Hall–Kier alpha value is -1.64. The molecule has 0 atom stereocenters. The standard InChI is InChI=1S/C13H17NO2/c1-9(2)14-7-12(8-14)16-11-4-5-13(15)10(3)6-11/h4-6,12,15H,1,7-8H2,2-3H3. The molecule has 1 N–H and O–H groups in total. The van der Waals surface area contributed by atoms with Crippen molar-refractivity contribution in [2.45, 2.75) is 20.0 Å². The third-order valence-corrected chi connectivity index (χ3v) is 2.86. The van der Waals surface area contributed by atoms with Crippen molar-refractivity contribution in [1.82, 2.24) is 4.90 Å². The maximum atomic E-state index is 9.39. The number of hydrogen-bond donors (Lipinski definition) is 1. The molecule has 0 bridgehead atoms. The van der Waals surface area contributed by atoms with Crippen LogP contribution in [0.25, 0.3) is 0 Å². The molecule has 0 spiro atoms. The van der Waals surface area contributed by atoms with Crippen molar-refractivity contribution in [2.24, 2.45) is 0 Å². The van der Waals surface area contributed by atoms with E-state index in [1.807, 2.05) is 19.9 Å². The summed E-state index contributed by atoms with van der Waals surface area (Å²) in [4.78, 5) is 2.18. The number of ether oxygens (including phenoxy) is 1. The number of likely N-dealkylation sites (tertiary alicyclic amines) is 1. The van der Waals surface area contributed by atoms with E-state index in [0.29, 0.717) is 5.75 Å². The van der Waals surface area contributed by atoms with Gasteiger partial charge in [0.1, 0.15) is 17.6 Å². The van der Waals surface area contributed by atoms with Gasteiger partial charge in [0, 0.05) is 5.70 Å². The van der Waals surface area contributed by atoms with Crippen LogP contribution in [-0.4, -0.2) is 29.2 Å². The van der Waals surface area contributed by atoms with Crippen LogP contribution in [0, 0.1) is 6.92 Å². The third kappa shape index (κ3) is 2.13. The van der Waals surface area contributed by atoms with Gasteiger partial charge in [0.15, 0.2) is 0 Å². The first kappa shape index (κ1) is 10.9. The van der Waals surface area contributed by atoms with E-state index in [1.165, 1.54) is 0 Å². The fourth-order valence-corrected chi connectivity index (χ4v) is 1.72. The number of benzene rings is 1. The monoisotopic (exact) mass is 219 g/mol. The molecule has 0 amide bonds. The third-order valence-electron chi connectivity index (χ3n) is 2.86. The molecule has 0 aromatic heterocycles. The Morgan fingerprint density at radius 3 is 2.75 bits per heavy atom. The smallest absolute Gasteiger partial charge is 0.133 e. The summed E-state index contributed by atoms with van der Waals surface area (Å²) < 4.78 is 5.77. The zero-order chi connectivity index (χ0) is 11.7. The van der Waals surface area contributed by atoms with Crippen molar-refractivity contribution in [3.8, 4) is 11.5 Å². The van der Waals surface area contributed by atoms with Gasteiger partial charge in [-0.25, -0.2) is 0 Å². The second-order valence-electron chi connectivity index (χ2n) is 4.33. The van der Waals surface area contributed by atoms with Crippen LogP contribution in [0.3, 0.4) is 0 Å². The van der Waals surface area contributed by atoms with Crippen molar-refractivity contribution < 1.29 is 9.84 Å². The van der Waals surface area contributed by atoms with E-state index in [2.05, 4.69) is 11.5 Å². The molecular formula is C13H17NO2. The molecule has 16 heavy (non-hydrogen) atoms. The van der Waals surface area contributed by atoms with Crippen LogP contribution in [0.15, 0.2) is 30.5 Å². The lowest BCUT2D eigenvalue weighted by molar-refractivity contribution is 0.0446. The fraction of sp³-hybridized carbons (Fsp3) is 0.385. The van der Waals surface area contributed by atoms with Crippen molar-refractivity contribution in [2.75, 3.05) is 13.1 Å². The van der Waals surface area contributed by atoms with Crippen molar-refractivity contribution in [3.05, 3.63) is 36.0 Å². The Labute approximate surface area is 96.0 Å². The van der Waals surface area contributed by atoms with Crippen LogP contribution in [0.5, 0.6) is 11.5 Å². The molecule has 0 unspecified atom stereocenters. The number of rotatable bonds is 3. The molecule has 1 fully saturated rings. The number of nitrogens with zero attached hydrogens (tertiary/aromatic N) is 1. The lowest BCUT2D eigenvalue weighted by Crippen LogP contribution is -2.52. The highest BCUT2D eigenvalue weighted by Crippen LogP contribution is 2.25. The average Bonchev–Trinajstić information content (AvgIpc) is 2.15. The topological polar surface area (TPSA) is 32.7 Å². The average molecular weight is 219 g/mol. The first-order chi connectivity index (χ1) is 7.56. The van der Waals surface area contributed by atoms with E-state index in [0.717, 1.165) is 30.1 Å². The van der Waals surface area contributed by atoms with Gasteiger partial charge in [0.2, 0.25) is 0 Å². The zero-order valence-corrected chi connectivity index (χ0v) is 9.73. The van der Waals surface area contributed by atoms with Gasteiger partial charge in [0.25, 0.3) is 0 Å². The normalized spacial score (nSPS) is 15.8. The molecule has 1 aliphatic rings. The Balaban J connectivity index is 1.91. The Kier molecular flexibility index (Phi) is 2.77. The molecule has 0 radical (unpaired) electrons. The van der Waals surface area contributed by atoms with E-state index in [9.17, 15) is 5.11 Å². The van der Waals surface area contributed by atoms with Gasteiger partial charge in [-0.15, -0.1) is 0 Å². The van der Waals surface area contributed by atoms with Crippen LogP contribution >= 0.6 is 0 Å². The molecule has 0 saturated carbocycles. The van der Waals surface area contributed by atoms with E-state index < -0.39 is 0 Å². The zero-order valence-electron chi connectivity index (χ0n) is 9.73. The van der Waals surface area contributed by atoms with Gasteiger partial charge in [-0.2, -0.15) is 0 Å². The second-order valence-corrected chi connectivity index (χ2v) is 4.33. The molecule has 1 aliphatic heterocycles. The van der Waals surface area contributed by atoms with Gasteiger partial charge in [-0.05, 0) is 37.6 Å². The quantitative estimate of drug-likeness (QED) is 0.846. The van der Waals surface area contributed by atoms with Gasteiger partial charge in [0.05, 0.1) is 13.1 Å². The molecule has 1 aromatic carbocycles. The number of phenolic OH excluding ortho intramolecular Hbond substituents is 1. The van der Waals surface area contributed by atoms with E-state index >= 15 is 0 Å². The predicted octanol–water partition coefficient (Wildman–Crippen LogP) is 2.30. The van der Waals surface area contributed by atoms with Crippen LogP contribution in [0.2, 0.25) is 0 Å². The summed E-state index contributed by atoms with van der Waals surface area (Å²) in [6.45, 7) is 9.54. The first-order valence-electron chi connectivity index (χ1n) is 5.43. The van der Waals surface area contributed by atoms with Gasteiger partial charge in [-0.3, -0.25) is 0 Å². The maximum absolute atomic E-state index is 9.39. The number of aryl methyl sites for hydroxylation is 1. The molecule has 1 heterocycles. The summed E-state index contributed by atoms with van der Waals surface area (Å²) in [7, 11) is 0. The van der Waals surface area contributed by atoms with E-state index in [4.69, 9.17) is 4.74 Å². The van der Waals surface area contributed by atoms with Gasteiger partial charge >= 0.3 is 0 Å². The highest BCUT2D eigenvalue weighted by molar-refractivity contribution is 5.38. The number of hydrogen-bond acceptors (Lipinski definition) is 3. The summed E-state index contributed by atoms with van der Waals surface area (Å²) in [6, 6.07) is 5.32. The van der Waals surface area contributed by atoms with Crippen LogP contribution in [0.1, 0.15) is 12.5 Å². The van der Waals surface area contributed by atoms with Crippen LogP contribution in [-0.2, 0) is 0 Å². The minimum Gasteiger partial charge on any atom is -0.508 e. The molecule has 0 aliphatic carbocycles. The van der Waals surface area contributed by atoms with Crippen LogP contribution < -0.4 is 4.74 Å². The number of allylic oxidation sites excluding steroid dienone is 1. The van der Waals surface area contributed by atoms with Gasteiger partial charge in [-0.1, -0.05) is 6.58 Å². The maximum Gasteiger partial charge on any atom is 0.133 e. The summed E-state index contributed by atoms with van der Waals surface area (Å²) in [6.07, 6.45) is 0.237. The van der Waals surface area contributed by atoms with E-state index in [-0.39, 0.29) is 6.10 Å². The molecular weight excluding hydrogens is 202 g/mol. The fourth-order valence-electron chi connectivity index (χ4n) is 1.72. The Morgan fingerprint density at radius 1 is 1.50 bits per heavy atom. The largest absolute Gasteiger partial charge is 0.508 e. The minimum atomic E-state index is 0.237. The second kappa shape index (κ2) is 4.08. The number of phenols is 1. The molecule has 3 heteroatoms. The lowest BCUT2D eigenvalue weighted by Gasteiger charge is -2.40. The molecule has 1 saturated heterocycles. The number of aromatic hydroxyl groups is 1. The molecule has 2 rings (SSSR count). The van der Waals surface area contributed by atoms with Gasteiger partial charge < -0.3 is 14.7 Å². The SMILES string of the molecule is C=C(C)N1CC(Oc2ccc(O)c(C)c2)C1. The summed E-state index contributed by atoms with van der Waals surface area (Å²) in [5.74, 6) is 1.13. The molecule has 1 aromatic rings. The summed E-state index contributed by atoms with van der Waals surface area (Å²) in [5.41, 5.74) is 1.93. The van der Waals surface area contributed by atoms with Crippen LogP contribution in [0.4, 0.5) is 0 Å². The highest BCUT2D eigenvalue weighted by atomic mass is 16.5. The Bertz CT molecular complexity index is 408. The lowest BCUT2D eigenvalue weighted by atomic mass is 10.1. The van der Waals surface area contributed by atoms with Crippen molar-refractivity contribution >= 4 is 0 Å². The summed E-state index contributed by atoms with van der Waals surface area (Å²) >= 11 is 0. The molecule has 3 nitrogen and oxygen atoms in total. The first-order valence-corrected chi connectivity index (χ1v) is 5.43. The molecule has 86 valence electrons. The predicted molar refractivity (Wildman–Crippen MR) is 63.6 cm³/mol. The van der Waals surface area contributed by atoms with Crippen molar-refractivity contribution in [3.63, 3.8) is 0 Å². The van der Waals surface area contributed by atoms with Crippen molar-refractivity contribution in [1.29, 1.82) is 0 Å². The van der Waals surface area contributed by atoms with E-state index in [1.54, 1.807) is 12.1 Å².